The molecule has 43 heavy (non-hydrogen) atoms. The first-order chi connectivity index (χ1) is 19.5. The smallest absolute Gasteiger partial charge is 0.393 e. The molecule has 0 aliphatic heterocycles. The number of alkyl halides is 3. The van der Waals surface area contributed by atoms with Crippen LogP contribution in [-0.2, 0) is 31.3 Å². The van der Waals surface area contributed by atoms with E-state index >= 15 is 0 Å². The average Bonchev–Trinajstić information content (AvgIpc) is 2.91. The number of hydrogen-bond acceptors (Lipinski definition) is 3. The maximum atomic E-state index is 12.8. The van der Waals surface area contributed by atoms with Crippen molar-refractivity contribution in [3.05, 3.63) is 89.3 Å². The molecule has 1 aromatic heterocycles. The number of aromatic nitrogens is 1. The number of pyridine rings is 1. The van der Waals surface area contributed by atoms with Crippen LogP contribution in [0.15, 0.2) is 66.6 Å². The standard InChI is InChI=1S/C23H17F3N.C13H24O2.Ir/c1-14-9-15(2)11-18(10-14)22-20-6-5-17-4-3-16(13-23(24,25)26)12-21(17)19(20)7-8-27-22;1-7-12(3,4)10(14)9-11(15)13(5,6)8-2;/h3-10,12H,13H2,1-2H3;9,14H,7-8H2,1-6H3;/q-1;;/b;10-9-;. The van der Waals surface area contributed by atoms with Gasteiger partial charge in [0.1, 0.15) is 5.76 Å². The van der Waals surface area contributed by atoms with E-state index < -0.39 is 12.6 Å². The van der Waals surface area contributed by atoms with Crippen molar-refractivity contribution in [3.63, 3.8) is 0 Å². The van der Waals surface area contributed by atoms with Crippen LogP contribution in [0.4, 0.5) is 13.2 Å². The van der Waals surface area contributed by atoms with Gasteiger partial charge in [0.2, 0.25) is 0 Å². The van der Waals surface area contributed by atoms with Crippen LogP contribution in [0.2, 0.25) is 0 Å². The van der Waals surface area contributed by atoms with Crippen molar-refractivity contribution in [2.75, 3.05) is 0 Å². The molecule has 233 valence electrons. The number of rotatable bonds is 7. The van der Waals surface area contributed by atoms with Gasteiger partial charge in [-0.15, -0.1) is 34.9 Å². The summed E-state index contributed by atoms with van der Waals surface area (Å²) in [6.45, 7) is 15.7. The van der Waals surface area contributed by atoms with E-state index in [1.165, 1.54) is 6.08 Å². The quantitative estimate of drug-likeness (QED) is 0.0882. The first kappa shape index (κ1) is 36.2. The Kier molecular flexibility index (Phi) is 11.9. The monoisotopic (exact) mass is 769 g/mol. The topological polar surface area (TPSA) is 50.2 Å². The minimum atomic E-state index is -4.22. The summed E-state index contributed by atoms with van der Waals surface area (Å²) in [6, 6.07) is 18.1. The molecule has 1 radical (unpaired) electrons. The summed E-state index contributed by atoms with van der Waals surface area (Å²) in [6.07, 6.45) is -0.454. The van der Waals surface area contributed by atoms with Crippen molar-refractivity contribution >= 4 is 27.3 Å². The molecule has 3 aromatic carbocycles. The third kappa shape index (κ3) is 9.23. The minimum Gasteiger partial charge on any atom is -0.512 e. The van der Waals surface area contributed by atoms with Gasteiger partial charge in [-0.25, -0.2) is 0 Å². The Morgan fingerprint density at radius 1 is 0.884 bits per heavy atom. The summed E-state index contributed by atoms with van der Waals surface area (Å²) in [5, 5.41) is 13.4. The van der Waals surface area contributed by atoms with Gasteiger partial charge in [-0.2, -0.15) is 13.2 Å². The van der Waals surface area contributed by atoms with Crippen LogP contribution in [0.1, 0.15) is 71.1 Å². The maximum absolute atomic E-state index is 12.8. The number of halogens is 3. The zero-order chi connectivity index (χ0) is 31.5. The maximum Gasteiger partial charge on any atom is 0.393 e. The van der Waals surface area contributed by atoms with E-state index in [-0.39, 0.29) is 48.0 Å². The number of aliphatic hydroxyl groups is 1. The Balaban J connectivity index is 0.000000348. The minimum absolute atomic E-state index is 0. The fourth-order valence-electron chi connectivity index (χ4n) is 4.48. The normalized spacial score (nSPS) is 12.5. The summed E-state index contributed by atoms with van der Waals surface area (Å²) in [5.41, 5.74) is 3.41. The molecular weight excluding hydrogens is 728 g/mol. The Morgan fingerprint density at radius 3 is 2.09 bits per heavy atom. The molecule has 7 heteroatoms. The van der Waals surface area contributed by atoms with E-state index in [1.807, 2.05) is 85.7 Å². The van der Waals surface area contributed by atoms with Crippen molar-refractivity contribution in [1.82, 2.24) is 4.98 Å². The fourth-order valence-corrected chi connectivity index (χ4v) is 4.48. The summed E-state index contributed by atoms with van der Waals surface area (Å²) in [4.78, 5) is 16.4. The Labute approximate surface area is 267 Å². The number of hydrogen-bond donors (Lipinski definition) is 1. The predicted molar refractivity (Wildman–Crippen MR) is 167 cm³/mol. The summed E-state index contributed by atoms with van der Waals surface area (Å²) in [5.74, 6) is 0.195. The van der Waals surface area contributed by atoms with Gasteiger partial charge >= 0.3 is 6.18 Å². The van der Waals surface area contributed by atoms with Gasteiger partial charge in [0.25, 0.3) is 0 Å². The van der Waals surface area contributed by atoms with Crippen LogP contribution in [0.25, 0.3) is 32.8 Å². The SMILES string of the molecule is CCC(C)(C)C(=O)/C=C(\O)C(C)(C)CC.Cc1[c-]c(-c2nccc3c2ccc2ccc(CC(F)(F)F)cc23)cc(C)c1.[Ir]. The molecular formula is C36H41F3IrNO2-. The van der Waals surface area contributed by atoms with Crippen molar-refractivity contribution in [2.24, 2.45) is 10.8 Å². The fraction of sp³-hybridized carbons (Fsp3) is 0.389. The van der Waals surface area contributed by atoms with Gasteiger partial charge in [0.15, 0.2) is 5.78 Å². The molecule has 1 heterocycles. The Bertz CT molecular complexity index is 1600. The molecule has 0 aliphatic carbocycles. The van der Waals surface area contributed by atoms with Crippen LogP contribution in [0.3, 0.4) is 0 Å². The van der Waals surface area contributed by atoms with Gasteiger partial charge in [-0.3, -0.25) is 4.79 Å². The van der Waals surface area contributed by atoms with E-state index in [2.05, 4.69) is 11.1 Å². The summed E-state index contributed by atoms with van der Waals surface area (Å²) in [7, 11) is 0. The number of aliphatic hydroxyl groups excluding tert-OH is 1. The predicted octanol–water partition coefficient (Wildman–Crippen LogP) is 10.4. The first-order valence-electron chi connectivity index (χ1n) is 14.3. The molecule has 0 spiro atoms. The van der Waals surface area contributed by atoms with Gasteiger partial charge in [-0.05, 0) is 51.7 Å². The van der Waals surface area contributed by atoms with Crippen LogP contribution < -0.4 is 0 Å². The van der Waals surface area contributed by atoms with Crippen molar-refractivity contribution in [3.8, 4) is 11.3 Å². The number of benzene rings is 3. The number of carbonyl (C=O) groups excluding carboxylic acids is 1. The molecule has 0 amide bonds. The number of ketones is 1. The number of nitrogens with zero attached hydrogens (tertiary/aromatic N) is 1. The second-order valence-electron chi connectivity index (χ2n) is 12.3. The van der Waals surface area contributed by atoms with Crippen LogP contribution in [0, 0.1) is 30.7 Å². The summed E-state index contributed by atoms with van der Waals surface area (Å²) < 4.78 is 38.4. The molecule has 4 rings (SSSR count). The van der Waals surface area contributed by atoms with Gasteiger partial charge in [0.05, 0.1) is 6.42 Å². The van der Waals surface area contributed by atoms with Gasteiger partial charge in [0, 0.05) is 43.2 Å². The number of fused-ring (bicyclic) bond motifs is 3. The molecule has 0 bridgehead atoms. The molecule has 0 fully saturated rings. The third-order valence-corrected chi connectivity index (χ3v) is 8.03. The molecule has 1 N–H and O–H groups in total. The van der Waals surface area contributed by atoms with Crippen molar-refractivity contribution < 1.29 is 43.2 Å². The van der Waals surface area contributed by atoms with Crippen molar-refractivity contribution in [2.45, 2.75) is 80.8 Å². The van der Waals surface area contributed by atoms with Crippen molar-refractivity contribution in [1.29, 1.82) is 0 Å². The molecule has 0 saturated heterocycles. The van der Waals surface area contributed by atoms with Crippen LogP contribution in [0.5, 0.6) is 0 Å². The number of aryl methyl sites for hydroxylation is 2. The molecule has 4 aromatic rings. The average molecular weight is 769 g/mol. The third-order valence-electron chi connectivity index (χ3n) is 8.03. The van der Waals surface area contributed by atoms with E-state index in [0.717, 1.165) is 56.8 Å². The second-order valence-corrected chi connectivity index (χ2v) is 12.3. The number of allylic oxidation sites excluding steroid dienone is 2. The van der Waals surface area contributed by atoms with Crippen LogP contribution in [-0.4, -0.2) is 22.1 Å². The zero-order valence-electron chi connectivity index (χ0n) is 26.2. The summed E-state index contributed by atoms with van der Waals surface area (Å²) >= 11 is 0. The first-order valence-corrected chi connectivity index (χ1v) is 14.3. The van der Waals surface area contributed by atoms with E-state index in [0.29, 0.717) is 0 Å². The molecule has 0 atom stereocenters. The molecule has 3 nitrogen and oxygen atoms in total. The zero-order valence-corrected chi connectivity index (χ0v) is 28.6. The molecule has 0 saturated carbocycles. The largest absolute Gasteiger partial charge is 0.512 e. The van der Waals surface area contributed by atoms with Crippen LogP contribution >= 0.6 is 0 Å². The number of carbonyl (C=O) groups is 1. The van der Waals surface area contributed by atoms with E-state index in [9.17, 15) is 23.1 Å². The van der Waals surface area contributed by atoms with Gasteiger partial charge in [-0.1, -0.05) is 85.7 Å². The molecule has 0 aliphatic rings. The van der Waals surface area contributed by atoms with E-state index in [4.69, 9.17) is 0 Å². The Morgan fingerprint density at radius 2 is 1.51 bits per heavy atom. The van der Waals surface area contributed by atoms with E-state index in [1.54, 1.807) is 24.4 Å². The Hall–Kier alpha value is -3.02. The molecule has 0 unspecified atom stereocenters. The second kappa shape index (κ2) is 14.2. The van der Waals surface area contributed by atoms with Gasteiger partial charge < -0.3 is 10.1 Å².